The molecule has 1 aliphatic heterocycles. The first-order valence-corrected chi connectivity index (χ1v) is 15.2. The lowest BCUT2D eigenvalue weighted by molar-refractivity contribution is -0.133. The summed E-state index contributed by atoms with van der Waals surface area (Å²) in [5.41, 5.74) is 2.03. The highest BCUT2D eigenvalue weighted by Crippen LogP contribution is 2.38. The minimum absolute atomic E-state index is 0.175. The minimum Gasteiger partial charge on any atom is -0.385 e. The van der Waals surface area contributed by atoms with E-state index in [1.165, 1.54) is 9.18 Å². The molecule has 1 amide bonds. The molecule has 1 unspecified atom stereocenters. The summed E-state index contributed by atoms with van der Waals surface area (Å²) in [4.78, 5) is 17.2. The van der Waals surface area contributed by atoms with Crippen LogP contribution in [0.25, 0.3) is 10.8 Å². The Morgan fingerprint density at radius 1 is 1.08 bits per heavy atom. The van der Waals surface area contributed by atoms with Gasteiger partial charge in [0, 0.05) is 42.1 Å². The van der Waals surface area contributed by atoms with Crippen LogP contribution in [0.15, 0.2) is 83.1 Å². The molecule has 1 aromatic heterocycles. The van der Waals surface area contributed by atoms with Crippen LogP contribution in [0.2, 0.25) is 5.02 Å². The van der Waals surface area contributed by atoms with Gasteiger partial charge in [0.1, 0.15) is 0 Å². The van der Waals surface area contributed by atoms with E-state index in [4.69, 9.17) is 16.3 Å². The van der Waals surface area contributed by atoms with Gasteiger partial charge in [-0.1, -0.05) is 60.1 Å². The molecule has 0 radical (unpaired) electrons. The van der Waals surface area contributed by atoms with Gasteiger partial charge in [-0.05, 0) is 59.0 Å². The van der Waals surface area contributed by atoms with E-state index in [9.17, 15) is 13.2 Å². The van der Waals surface area contributed by atoms with Gasteiger partial charge >= 0.3 is 0 Å². The second-order valence-electron chi connectivity index (χ2n) is 9.25. The average molecular weight is 569 g/mol. The van der Waals surface area contributed by atoms with Gasteiger partial charge in [-0.2, -0.15) is 4.31 Å². The zero-order chi connectivity index (χ0) is 26.7. The molecule has 0 saturated heterocycles. The summed E-state index contributed by atoms with van der Waals surface area (Å²) in [6.45, 7) is 0.831. The third kappa shape index (κ3) is 5.37. The third-order valence-corrected chi connectivity index (χ3v) is 10.1. The number of halogens is 1. The summed E-state index contributed by atoms with van der Waals surface area (Å²) in [5.74, 6) is -0.233. The van der Waals surface area contributed by atoms with Crippen molar-refractivity contribution in [3.05, 3.63) is 99.2 Å². The van der Waals surface area contributed by atoms with Crippen molar-refractivity contribution in [2.24, 2.45) is 0 Å². The number of nitrogens with zero attached hydrogens (tertiary/aromatic N) is 2. The number of hydrogen-bond acceptors (Lipinski definition) is 5. The predicted octanol–water partition coefficient (Wildman–Crippen LogP) is 5.76. The summed E-state index contributed by atoms with van der Waals surface area (Å²) in [6.07, 6.45) is 1.21. The SMILES string of the molecule is COCCCN(CC(=O)N1CCc2sccc2C1c1ccc(Cl)cc1)S(=O)(=O)c1cccc2ccccc12. The van der Waals surface area contributed by atoms with Crippen molar-refractivity contribution in [3.8, 4) is 0 Å². The fourth-order valence-corrected chi connectivity index (χ4v) is 7.73. The van der Waals surface area contributed by atoms with Gasteiger partial charge in [-0.15, -0.1) is 11.3 Å². The van der Waals surface area contributed by atoms with Crippen LogP contribution in [0, 0.1) is 0 Å². The summed E-state index contributed by atoms with van der Waals surface area (Å²) >= 11 is 7.83. The second-order valence-corrected chi connectivity index (χ2v) is 12.6. The lowest BCUT2D eigenvalue weighted by atomic mass is 9.93. The second kappa shape index (κ2) is 11.6. The molecular formula is C29H29ClN2O4S2. The van der Waals surface area contributed by atoms with E-state index >= 15 is 0 Å². The number of ether oxygens (including phenoxy) is 1. The summed E-state index contributed by atoms with van der Waals surface area (Å²) in [6, 6.07) is 21.9. The van der Waals surface area contributed by atoms with Crippen molar-refractivity contribution < 1.29 is 17.9 Å². The highest BCUT2D eigenvalue weighted by molar-refractivity contribution is 7.89. The summed E-state index contributed by atoms with van der Waals surface area (Å²) in [7, 11) is -2.38. The van der Waals surface area contributed by atoms with Crippen LogP contribution in [-0.4, -0.2) is 56.9 Å². The molecule has 5 rings (SSSR count). The zero-order valence-electron chi connectivity index (χ0n) is 21.0. The average Bonchev–Trinajstić information content (AvgIpc) is 3.41. The number of methoxy groups -OCH3 is 1. The Balaban J connectivity index is 1.49. The molecule has 198 valence electrons. The standard InChI is InChI=1S/C29H29ClN2O4S2/c1-36-18-5-16-31(38(34,35)27-9-4-7-21-6-2-3-8-24(21)27)20-28(33)32-17-14-26-25(15-19-37-26)29(32)22-10-12-23(30)13-11-22/h2-4,6-13,15,19,29H,5,14,16-18,20H2,1H3. The number of rotatable bonds is 9. The van der Waals surface area contributed by atoms with Crippen LogP contribution < -0.4 is 0 Å². The van der Waals surface area contributed by atoms with E-state index in [1.807, 2.05) is 53.9 Å². The monoisotopic (exact) mass is 568 g/mol. The van der Waals surface area contributed by atoms with Gasteiger partial charge in [0.15, 0.2) is 0 Å². The molecule has 3 aromatic carbocycles. The van der Waals surface area contributed by atoms with Gasteiger partial charge < -0.3 is 9.64 Å². The number of amides is 1. The molecule has 0 bridgehead atoms. The van der Waals surface area contributed by atoms with Gasteiger partial charge in [-0.25, -0.2) is 8.42 Å². The predicted molar refractivity (Wildman–Crippen MR) is 152 cm³/mol. The fraction of sp³-hybridized carbons (Fsp3) is 0.276. The smallest absolute Gasteiger partial charge is 0.244 e. The Hall–Kier alpha value is -2.75. The van der Waals surface area contributed by atoms with Gasteiger partial charge in [-0.3, -0.25) is 4.79 Å². The van der Waals surface area contributed by atoms with Gasteiger partial charge in [0.05, 0.1) is 17.5 Å². The Kier molecular flexibility index (Phi) is 8.16. The van der Waals surface area contributed by atoms with Crippen LogP contribution in [-0.2, 0) is 26.0 Å². The summed E-state index contributed by atoms with van der Waals surface area (Å²) in [5, 5.41) is 4.14. The fourth-order valence-electron chi connectivity index (χ4n) is 5.06. The highest BCUT2D eigenvalue weighted by atomic mass is 35.5. The highest BCUT2D eigenvalue weighted by Gasteiger charge is 2.36. The lowest BCUT2D eigenvalue weighted by Crippen LogP contribution is -2.47. The molecule has 6 nitrogen and oxygen atoms in total. The third-order valence-electron chi connectivity index (χ3n) is 6.91. The van der Waals surface area contributed by atoms with E-state index < -0.39 is 10.0 Å². The Morgan fingerprint density at radius 3 is 2.63 bits per heavy atom. The Bertz CT molecular complexity index is 1530. The molecular weight excluding hydrogens is 540 g/mol. The maximum absolute atomic E-state index is 14.0. The Labute approximate surface area is 232 Å². The molecule has 2 heterocycles. The van der Waals surface area contributed by atoms with Crippen molar-refractivity contribution in [2.45, 2.75) is 23.8 Å². The van der Waals surface area contributed by atoms with Crippen LogP contribution in [0.5, 0.6) is 0 Å². The van der Waals surface area contributed by atoms with Crippen molar-refractivity contribution in [2.75, 3.05) is 33.4 Å². The molecule has 4 aromatic rings. The van der Waals surface area contributed by atoms with Crippen molar-refractivity contribution in [1.82, 2.24) is 9.21 Å². The van der Waals surface area contributed by atoms with Gasteiger partial charge in [0.2, 0.25) is 15.9 Å². The number of benzene rings is 3. The van der Waals surface area contributed by atoms with Crippen LogP contribution >= 0.6 is 22.9 Å². The molecule has 0 fully saturated rings. The quantitative estimate of drug-likeness (QED) is 0.241. The number of sulfonamides is 1. The first-order chi connectivity index (χ1) is 18.4. The number of hydrogen-bond donors (Lipinski definition) is 0. The number of carbonyl (C=O) groups is 1. The first-order valence-electron chi connectivity index (χ1n) is 12.5. The first kappa shape index (κ1) is 26.8. The van der Waals surface area contributed by atoms with Crippen molar-refractivity contribution in [3.63, 3.8) is 0 Å². The van der Waals surface area contributed by atoms with Crippen LogP contribution in [0.3, 0.4) is 0 Å². The number of fused-ring (bicyclic) bond motifs is 2. The molecule has 0 saturated carbocycles. The molecule has 38 heavy (non-hydrogen) atoms. The van der Waals surface area contributed by atoms with E-state index in [2.05, 4.69) is 6.07 Å². The maximum Gasteiger partial charge on any atom is 0.244 e. The topological polar surface area (TPSA) is 66.9 Å². The lowest BCUT2D eigenvalue weighted by Gasteiger charge is -2.37. The Morgan fingerprint density at radius 2 is 1.84 bits per heavy atom. The van der Waals surface area contributed by atoms with Crippen LogP contribution in [0.1, 0.15) is 28.5 Å². The van der Waals surface area contributed by atoms with Crippen LogP contribution in [0.4, 0.5) is 0 Å². The summed E-state index contributed by atoms with van der Waals surface area (Å²) < 4.78 is 34.5. The number of carbonyl (C=O) groups excluding carboxylic acids is 1. The molecule has 0 N–H and O–H groups in total. The van der Waals surface area contributed by atoms with E-state index in [1.54, 1.807) is 41.5 Å². The van der Waals surface area contributed by atoms with E-state index in [-0.39, 0.29) is 29.9 Å². The number of thiophene rings is 1. The largest absolute Gasteiger partial charge is 0.385 e. The van der Waals surface area contributed by atoms with Crippen molar-refractivity contribution >= 4 is 49.6 Å². The minimum atomic E-state index is -3.96. The zero-order valence-corrected chi connectivity index (χ0v) is 23.4. The normalized spacial score (nSPS) is 15.7. The molecule has 0 spiro atoms. The van der Waals surface area contributed by atoms with Gasteiger partial charge in [0.25, 0.3) is 0 Å². The van der Waals surface area contributed by atoms with E-state index in [0.717, 1.165) is 22.9 Å². The van der Waals surface area contributed by atoms with Crippen molar-refractivity contribution in [1.29, 1.82) is 0 Å². The molecule has 0 aliphatic carbocycles. The maximum atomic E-state index is 14.0. The molecule has 1 aliphatic rings. The molecule has 1 atom stereocenters. The van der Waals surface area contributed by atoms with E-state index in [0.29, 0.717) is 30.0 Å². The molecule has 9 heteroatoms.